The number of fused-ring (bicyclic) bond motifs is 3. The number of carboxylic acids is 2. The Balaban J connectivity index is 2.07. The van der Waals surface area contributed by atoms with Crippen LogP contribution in [0.25, 0.3) is 5.57 Å². The second kappa shape index (κ2) is 7.41. The molecule has 2 aliphatic carbocycles. The molecule has 0 saturated carbocycles. The highest BCUT2D eigenvalue weighted by Crippen LogP contribution is 2.57. The number of aliphatic carboxylic acids is 2. The van der Waals surface area contributed by atoms with Gasteiger partial charge in [0.25, 0.3) is 0 Å². The van der Waals surface area contributed by atoms with Crippen molar-refractivity contribution in [3.05, 3.63) is 33.3 Å². The van der Waals surface area contributed by atoms with Gasteiger partial charge in [-0.1, -0.05) is 30.1 Å². The van der Waals surface area contributed by atoms with Crippen LogP contribution in [0.1, 0.15) is 44.2 Å². The van der Waals surface area contributed by atoms with Crippen LogP contribution < -0.4 is 4.74 Å². The predicted octanol–water partition coefficient (Wildman–Crippen LogP) is 4.24. The van der Waals surface area contributed by atoms with Crippen LogP contribution in [-0.2, 0) is 20.8 Å². The lowest BCUT2D eigenvalue weighted by molar-refractivity contribution is -0.156. The van der Waals surface area contributed by atoms with Gasteiger partial charge in [0.2, 0.25) is 6.10 Å². The molecule has 0 spiro atoms. The van der Waals surface area contributed by atoms with E-state index in [1.54, 1.807) is 12.1 Å². The molecule has 0 aromatic heterocycles. The van der Waals surface area contributed by atoms with Crippen LogP contribution in [0.2, 0.25) is 10.0 Å². The molecule has 28 heavy (non-hydrogen) atoms. The zero-order chi connectivity index (χ0) is 20.8. The average molecular weight is 427 g/mol. The molecule has 3 atom stereocenters. The molecule has 6 nitrogen and oxygen atoms in total. The van der Waals surface area contributed by atoms with Gasteiger partial charge in [0.05, 0.1) is 5.02 Å². The third kappa shape index (κ3) is 3.29. The number of hydrogen-bond acceptors (Lipinski definition) is 4. The van der Waals surface area contributed by atoms with Gasteiger partial charge in [0, 0.05) is 17.4 Å². The highest BCUT2D eigenvalue weighted by molar-refractivity contribution is 6.44. The van der Waals surface area contributed by atoms with Gasteiger partial charge in [-0.3, -0.25) is 9.59 Å². The molecule has 3 rings (SSSR count). The van der Waals surface area contributed by atoms with Gasteiger partial charge in [-0.15, -0.1) is 0 Å². The monoisotopic (exact) mass is 426 g/mol. The normalized spacial score (nSPS) is 22.7. The second-order valence-corrected chi connectivity index (χ2v) is 8.13. The van der Waals surface area contributed by atoms with E-state index in [-0.39, 0.29) is 27.0 Å². The zero-order valence-corrected chi connectivity index (χ0v) is 16.9. The summed E-state index contributed by atoms with van der Waals surface area (Å²) >= 11 is 12.9. The number of rotatable bonds is 6. The lowest BCUT2D eigenvalue weighted by atomic mass is 9.71. The van der Waals surface area contributed by atoms with Gasteiger partial charge in [-0.25, -0.2) is 4.79 Å². The van der Waals surface area contributed by atoms with Crippen molar-refractivity contribution >= 4 is 46.5 Å². The molecule has 3 unspecified atom stereocenters. The molecule has 8 heteroatoms. The minimum Gasteiger partial charge on any atom is -0.481 e. The number of halogens is 2. The molecule has 0 heterocycles. The van der Waals surface area contributed by atoms with E-state index < -0.39 is 24.0 Å². The van der Waals surface area contributed by atoms with Crippen LogP contribution in [0, 0.1) is 11.3 Å². The molecule has 1 aromatic carbocycles. The number of carboxylic acid groups (broad SMARTS) is 2. The highest BCUT2D eigenvalue weighted by atomic mass is 35.5. The third-order valence-electron chi connectivity index (χ3n) is 5.80. The summed E-state index contributed by atoms with van der Waals surface area (Å²) in [4.78, 5) is 34.7. The van der Waals surface area contributed by atoms with Crippen molar-refractivity contribution in [3.63, 3.8) is 0 Å². The Morgan fingerprint density at radius 3 is 2.50 bits per heavy atom. The van der Waals surface area contributed by atoms with Crippen molar-refractivity contribution in [3.8, 4) is 5.75 Å². The summed E-state index contributed by atoms with van der Waals surface area (Å²) in [6, 6.07) is 1.62. The summed E-state index contributed by atoms with van der Waals surface area (Å²) in [6.45, 7) is 3.30. The minimum absolute atomic E-state index is 0.00933. The van der Waals surface area contributed by atoms with E-state index in [4.69, 9.17) is 33.0 Å². The number of allylic oxidation sites excluding steroid dienone is 2. The number of carbonyl (C=O) groups is 3. The summed E-state index contributed by atoms with van der Waals surface area (Å²) < 4.78 is 5.49. The van der Waals surface area contributed by atoms with Gasteiger partial charge >= 0.3 is 11.9 Å². The first kappa shape index (κ1) is 20.7. The minimum atomic E-state index is -1.62. The van der Waals surface area contributed by atoms with Crippen molar-refractivity contribution in [2.24, 2.45) is 11.3 Å². The van der Waals surface area contributed by atoms with E-state index >= 15 is 0 Å². The fourth-order valence-corrected chi connectivity index (χ4v) is 4.57. The fourth-order valence-electron chi connectivity index (χ4n) is 4.06. The number of ketones is 1. The van der Waals surface area contributed by atoms with E-state index in [0.717, 1.165) is 17.6 Å². The molecular weight excluding hydrogens is 407 g/mol. The number of benzene rings is 1. The van der Waals surface area contributed by atoms with Crippen molar-refractivity contribution in [2.45, 2.75) is 45.6 Å². The first-order valence-electron chi connectivity index (χ1n) is 8.99. The van der Waals surface area contributed by atoms with E-state index in [0.29, 0.717) is 24.8 Å². The molecule has 0 amide bonds. The standard InChI is InChI=1S/C20H20Cl2O6/c1-3-20-5-4-11(23)7-12(20)14-10(8-20)6-13(15(21)16(14)22)28-17(19(26)27)9(2)18(24)25/h6-7,9,17H,3-5,8H2,1-2H3,(H,24,25)(H,26,27). The maximum Gasteiger partial charge on any atom is 0.345 e. The van der Waals surface area contributed by atoms with E-state index in [1.165, 1.54) is 6.92 Å². The number of carbonyl (C=O) groups excluding carboxylic acids is 1. The first-order valence-corrected chi connectivity index (χ1v) is 9.75. The van der Waals surface area contributed by atoms with Crippen LogP contribution >= 0.6 is 23.2 Å². The largest absolute Gasteiger partial charge is 0.481 e. The smallest absolute Gasteiger partial charge is 0.345 e. The summed E-state index contributed by atoms with van der Waals surface area (Å²) in [5, 5.41) is 18.7. The van der Waals surface area contributed by atoms with Crippen molar-refractivity contribution < 1.29 is 29.3 Å². The second-order valence-electron chi connectivity index (χ2n) is 7.38. The Labute approximate surface area is 172 Å². The lowest BCUT2D eigenvalue weighted by Crippen LogP contribution is -2.38. The van der Waals surface area contributed by atoms with Crippen molar-refractivity contribution in [1.29, 1.82) is 0 Å². The molecule has 1 aromatic rings. The van der Waals surface area contributed by atoms with Crippen molar-refractivity contribution in [2.75, 3.05) is 0 Å². The van der Waals surface area contributed by atoms with Gasteiger partial charge in [-0.2, -0.15) is 0 Å². The quantitative estimate of drug-likeness (QED) is 0.704. The van der Waals surface area contributed by atoms with E-state index in [9.17, 15) is 19.5 Å². The topological polar surface area (TPSA) is 101 Å². The Bertz CT molecular complexity index is 906. The third-order valence-corrected chi connectivity index (χ3v) is 6.65. The SMILES string of the molecule is CCC12CCC(=O)C=C1c1c(cc(OC(C(=O)O)C(C)C(=O)O)c(Cl)c1Cl)C2. The van der Waals surface area contributed by atoms with Crippen molar-refractivity contribution in [1.82, 2.24) is 0 Å². The van der Waals surface area contributed by atoms with Gasteiger partial charge in [0.1, 0.15) is 16.7 Å². The Morgan fingerprint density at radius 1 is 1.25 bits per heavy atom. The van der Waals surface area contributed by atoms with E-state index in [2.05, 4.69) is 6.92 Å². The van der Waals surface area contributed by atoms with Gasteiger partial charge in [0.15, 0.2) is 5.78 Å². The summed E-state index contributed by atoms with van der Waals surface area (Å²) in [5.41, 5.74) is 2.18. The number of ether oxygens (including phenoxy) is 1. The maximum absolute atomic E-state index is 12.0. The van der Waals surface area contributed by atoms with Gasteiger partial charge in [-0.05, 0) is 49.5 Å². The molecule has 2 N–H and O–H groups in total. The van der Waals surface area contributed by atoms with Crippen LogP contribution in [-0.4, -0.2) is 34.0 Å². The summed E-state index contributed by atoms with van der Waals surface area (Å²) in [6.07, 6.45) is 2.65. The molecule has 0 radical (unpaired) electrons. The van der Waals surface area contributed by atoms with Crippen LogP contribution in [0.4, 0.5) is 0 Å². The molecular formula is C20H20Cl2O6. The molecule has 2 aliphatic rings. The average Bonchev–Trinajstić information content (AvgIpc) is 2.96. The summed E-state index contributed by atoms with van der Waals surface area (Å²) in [7, 11) is 0. The molecule has 0 saturated heterocycles. The first-order chi connectivity index (χ1) is 13.1. The summed E-state index contributed by atoms with van der Waals surface area (Å²) in [5.74, 6) is -3.92. The molecule has 0 fully saturated rings. The Kier molecular flexibility index (Phi) is 5.47. The number of hydrogen-bond donors (Lipinski definition) is 2. The molecule has 0 aliphatic heterocycles. The molecule has 0 bridgehead atoms. The predicted molar refractivity (Wildman–Crippen MR) is 104 cm³/mol. The molecule has 150 valence electrons. The lowest BCUT2D eigenvalue weighted by Gasteiger charge is -2.32. The Morgan fingerprint density at radius 2 is 1.93 bits per heavy atom. The van der Waals surface area contributed by atoms with Crippen LogP contribution in [0.5, 0.6) is 5.75 Å². The van der Waals surface area contributed by atoms with Gasteiger partial charge < -0.3 is 14.9 Å². The Hall–Kier alpha value is -2.05. The van der Waals surface area contributed by atoms with E-state index in [1.807, 2.05) is 0 Å². The van der Waals surface area contributed by atoms with Crippen LogP contribution in [0.3, 0.4) is 0 Å². The fraction of sp³-hybridized carbons (Fsp3) is 0.450. The zero-order valence-electron chi connectivity index (χ0n) is 15.4. The van der Waals surface area contributed by atoms with Crippen LogP contribution in [0.15, 0.2) is 12.1 Å². The maximum atomic E-state index is 12.0. The highest BCUT2D eigenvalue weighted by Gasteiger charge is 2.45.